The van der Waals surface area contributed by atoms with E-state index in [1.165, 1.54) is 25.7 Å². The van der Waals surface area contributed by atoms with Crippen LogP contribution in [0.1, 0.15) is 111 Å². The number of imidazole rings is 1. The van der Waals surface area contributed by atoms with Crippen molar-refractivity contribution >= 4 is 27.4 Å². The molecule has 2 heterocycles. The molecule has 6 fully saturated rings. The van der Waals surface area contributed by atoms with Crippen molar-refractivity contribution in [3.8, 4) is 0 Å². The van der Waals surface area contributed by atoms with Crippen LogP contribution in [-0.2, 0) is 4.79 Å². The third-order valence-corrected chi connectivity index (χ3v) is 21.5. The van der Waals surface area contributed by atoms with Gasteiger partial charge < -0.3 is 25.0 Å². The zero-order valence-corrected chi connectivity index (χ0v) is 36.0. The number of rotatable bonds is 1. The highest BCUT2D eigenvalue weighted by atomic mass is 33.1. The van der Waals surface area contributed by atoms with Gasteiger partial charge in [0.05, 0.1) is 30.2 Å². The summed E-state index contributed by atoms with van der Waals surface area (Å²) >= 11 is 0. The minimum absolute atomic E-state index is 0.0129. The average Bonchev–Trinajstić information content (AvgIpc) is 3.80. The number of carbonyl (C=O) groups excluding carboxylic acids is 1. The van der Waals surface area contributed by atoms with Crippen LogP contribution in [0.15, 0.2) is 64.8 Å². The van der Waals surface area contributed by atoms with Crippen LogP contribution >= 0.6 is 21.6 Å². The van der Waals surface area contributed by atoms with E-state index in [-0.39, 0.29) is 59.2 Å². The molecule has 1 saturated heterocycles. The first-order valence-electron chi connectivity index (χ1n) is 22.7. The predicted molar refractivity (Wildman–Crippen MR) is 226 cm³/mol. The van der Waals surface area contributed by atoms with Crippen molar-refractivity contribution in [2.75, 3.05) is 11.5 Å². The molecule has 7 nitrogen and oxygen atoms in total. The Morgan fingerprint density at radius 1 is 0.877 bits per heavy atom. The lowest BCUT2D eigenvalue weighted by Crippen LogP contribution is -2.63. The van der Waals surface area contributed by atoms with Crippen LogP contribution in [0.2, 0.25) is 0 Å². The van der Waals surface area contributed by atoms with Crippen LogP contribution < -0.4 is 0 Å². The van der Waals surface area contributed by atoms with E-state index in [4.69, 9.17) is 0 Å². The lowest BCUT2D eigenvalue weighted by molar-refractivity contribution is -0.160. The fourth-order valence-electron chi connectivity index (χ4n) is 16.6. The fraction of sp³-hybridized carbons (Fsp3) is 0.750. The summed E-state index contributed by atoms with van der Waals surface area (Å²) in [7, 11) is 3.81. The molecule has 4 N–H and O–H groups in total. The van der Waals surface area contributed by atoms with Gasteiger partial charge >= 0.3 is 0 Å². The zero-order chi connectivity index (χ0) is 39.4. The molecule has 5 saturated carbocycles. The lowest BCUT2D eigenvalue weighted by atomic mass is 9.44. The highest BCUT2D eigenvalue weighted by Crippen LogP contribution is 2.73. The number of nitrogens with zero attached hydrogens (tertiary/aromatic N) is 2. The normalized spacial score (nSPS) is 51.0. The van der Waals surface area contributed by atoms with Crippen LogP contribution in [0, 0.1) is 75.4 Å². The molecule has 17 atom stereocenters. The summed E-state index contributed by atoms with van der Waals surface area (Å²) in [6.07, 6.45) is 21.9. The maximum Gasteiger partial charge on any atom is 0.159 e. The third-order valence-electron chi connectivity index (χ3n) is 19.0. The number of hydrogen-bond donors (Lipinski definition) is 4. The summed E-state index contributed by atoms with van der Waals surface area (Å²) in [5.41, 5.74) is 5.11. The fourth-order valence-corrected chi connectivity index (χ4v) is 19.3. The first-order chi connectivity index (χ1) is 27.3. The molecule has 0 aromatic carbocycles. The molecule has 308 valence electrons. The number of aliphatic hydroxyl groups is 4. The summed E-state index contributed by atoms with van der Waals surface area (Å²) in [6, 6.07) is 0.232. The van der Waals surface area contributed by atoms with Gasteiger partial charge in [0.1, 0.15) is 0 Å². The van der Waals surface area contributed by atoms with Crippen LogP contribution in [0.4, 0.5) is 0 Å². The smallest absolute Gasteiger partial charge is 0.159 e. The van der Waals surface area contributed by atoms with Crippen molar-refractivity contribution in [1.82, 2.24) is 9.55 Å². The van der Waals surface area contributed by atoms with E-state index in [1.54, 1.807) is 22.3 Å². The SMILES string of the molecule is CC1(C)C[C@@H](n2ccnc2)CSSC[C@@H]2C[C@H]([C@@H]3C[C@H]4CC[C@H]5C=C[C@H]6CCCC7=C1[C@H](C4=C5[C@@H]76)[C@H]3O)[C@@]1(C)CC[C@H]3C(=CC(=O)[C@@H]4C[C@@H](O)[C@@H](O)C[C@@]43C)[C@]21O. The monoisotopic (exact) mass is 812 g/mol. The Morgan fingerprint density at radius 3 is 2.51 bits per heavy atom. The highest BCUT2D eigenvalue weighted by molar-refractivity contribution is 8.76. The second kappa shape index (κ2) is 13.2. The van der Waals surface area contributed by atoms with Crippen molar-refractivity contribution in [2.45, 2.75) is 135 Å². The van der Waals surface area contributed by atoms with Crippen LogP contribution in [-0.4, -0.2) is 71.2 Å². The van der Waals surface area contributed by atoms with Crippen molar-refractivity contribution in [1.29, 1.82) is 0 Å². The summed E-state index contributed by atoms with van der Waals surface area (Å²) in [5.74, 6) is 3.49. The van der Waals surface area contributed by atoms with Crippen molar-refractivity contribution in [2.24, 2.45) is 75.4 Å². The minimum Gasteiger partial charge on any atom is -0.392 e. The molecule has 4 bridgehead atoms. The molecular weight excluding hydrogens is 749 g/mol. The van der Waals surface area contributed by atoms with Gasteiger partial charge in [0.25, 0.3) is 0 Å². The van der Waals surface area contributed by atoms with E-state index in [0.29, 0.717) is 30.1 Å². The maximum absolute atomic E-state index is 14.3. The number of hydrogen-bond acceptors (Lipinski definition) is 8. The topological polar surface area (TPSA) is 116 Å². The van der Waals surface area contributed by atoms with E-state index in [0.717, 1.165) is 55.6 Å². The standard InChI is InChI=1S/C48H64N2O5S2/c1-45(2)20-29(50-15-14-49-24-50)23-57-56-22-28-17-33(47(4)13-12-32-34(48(28,47)55)18-36(51)35-19-37(52)38(53)21-46(32,35)3)31-16-27-11-10-26-9-8-25-6-5-7-30-39(25)40(26)41(27)42(43(30)45)44(31)54/h8-9,14-15,18,24-29,31-33,35,37-39,42,44,52-55H,5-7,10-13,16-17,19-23H2,1-4H3/t25-,26-,27-,28+,29-,31+,32+,33-,35+,37-,38+,39-,42+,44+,46-,47-,48-/m1/s1. The number of fused-ring (bicyclic) bond motifs is 11. The molecule has 1 aromatic heterocycles. The van der Waals surface area contributed by atoms with E-state index in [9.17, 15) is 25.2 Å². The third kappa shape index (κ3) is 5.20. The van der Waals surface area contributed by atoms with Gasteiger partial charge in [-0.25, -0.2) is 4.98 Å². The molecule has 9 heteroatoms. The van der Waals surface area contributed by atoms with Gasteiger partial charge in [0, 0.05) is 59.0 Å². The van der Waals surface area contributed by atoms with E-state index < -0.39 is 34.7 Å². The molecule has 0 spiro atoms. The van der Waals surface area contributed by atoms with Crippen molar-refractivity contribution in [3.05, 3.63) is 64.8 Å². The first kappa shape index (κ1) is 38.3. The average molecular weight is 813 g/mol. The first-order valence-corrected chi connectivity index (χ1v) is 25.1. The number of allylic oxidation sites excluding steroid dienone is 5. The molecule has 1 aliphatic heterocycles. The second-order valence-electron chi connectivity index (χ2n) is 21.8. The number of ketones is 1. The highest BCUT2D eigenvalue weighted by Gasteiger charge is 2.71. The van der Waals surface area contributed by atoms with Crippen molar-refractivity contribution in [3.63, 3.8) is 0 Å². The molecule has 9 aliphatic carbocycles. The summed E-state index contributed by atoms with van der Waals surface area (Å²) in [6.45, 7) is 9.49. The number of carbonyl (C=O) groups is 1. The Balaban J connectivity index is 1.07. The summed E-state index contributed by atoms with van der Waals surface area (Å²) in [4.78, 5) is 18.8. The predicted octanol–water partition coefficient (Wildman–Crippen LogP) is 8.28. The van der Waals surface area contributed by atoms with Gasteiger partial charge in [-0.15, -0.1) is 0 Å². The van der Waals surface area contributed by atoms with Crippen LogP contribution in [0.3, 0.4) is 0 Å². The van der Waals surface area contributed by atoms with Gasteiger partial charge in [-0.3, -0.25) is 4.79 Å². The van der Waals surface area contributed by atoms with Gasteiger partial charge in [-0.1, -0.05) is 83.7 Å². The Morgan fingerprint density at radius 2 is 1.70 bits per heavy atom. The molecule has 57 heavy (non-hydrogen) atoms. The lowest BCUT2D eigenvalue weighted by Gasteiger charge is -2.62. The Kier molecular flexibility index (Phi) is 8.87. The zero-order valence-electron chi connectivity index (χ0n) is 34.4. The van der Waals surface area contributed by atoms with Gasteiger partial charge in [-0.2, -0.15) is 0 Å². The quantitative estimate of drug-likeness (QED) is 0.166. The molecule has 10 aliphatic rings. The van der Waals surface area contributed by atoms with Crippen LogP contribution in [0.5, 0.6) is 0 Å². The number of aliphatic hydroxyl groups excluding tert-OH is 3. The molecule has 11 rings (SSSR count). The van der Waals surface area contributed by atoms with E-state index >= 15 is 0 Å². The number of aromatic nitrogens is 2. The van der Waals surface area contributed by atoms with E-state index in [2.05, 4.69) is 55.6 Å². The summed E-state index contributed by atoms with van der Waals surface area (Å²) < 4.78 is 2.32. The van der Waals surface area contributed by atoms with Gasteiger partial charge in [0.15, 0.2) is 5.78 Å². The second-order valence-corrected chi connectivity index (χ2v) is 24.3. The molecule has 0 unspecified atom stereocenters. The Bertz CT molecular complexity index is 1970. The largest absolute Gasteiger partial charge is 0.392 e. The van der Waals surface area contributed by atoms with E-state index in [1.807, 2.05) is 40.2 Å². The molecule has 0 radical (unpaired) electrons. The van der Waals surface area contributed by atoms with Crippen LogP contribution in [0.25, 0.3) is 0 Å². The molecular formula is C48H64N2O5S2. The molecule has 1 aromatic rings. The Labute approximate surface area is 347 Å². The van der Waals surface area contributed by atoms with Gasteiger partial charge in [0.2, 0.25) is 0 Å². The summed E-state index contributed by atoms with van der Waals surface area (Å²) in [5, 5.41) is 49.2. The maximum atomic E-state index is 14.3. The van der Waals surface area contributed by atoms with Gasteiger partial charge in [-0.05, 0) is 135 Å². The van der Waals surface area contributed by atoms with Crippen molar-refractivity contribution < 1.29 is 25.2 Å². The molecule has 0 amide bonds. The Hall–Kier alpha value is -1.62. The minimum atomic E-state index is -1.19.